The molecular formula is C32H47Cl2NO3PPdS. The van der Waals surface area contributed by atoms with Crippen molar-refractivity contribution in [2.75, 3.05) is 11.1 Å². The summed E-state index contributed by atoms with van der Waals surface area (Å²) in [5, 5.41) is 0.194. The van der Waals surface area contributed by atoms with E-state index >= 15 is 0 Å². The molecule has 0 bridgehead atoms. The number of para-hydroxylation sites is 1. The summed E-state index contributed by atoms with van der Waals surface area (Å²) in [5.41, 5.74) is 12.4. The summed E-state index contributed by atoms with van der Waals surface area (Å²) in [6.07, 6.45) is 23.6. The first-order valence-corrected chi connectivity index (χ1v) is 20.1. The van der Waals surface area contributed by atoms with Crippen LogP contribution in [-0.2, 0) is 38.4 Å². The van der Waals surface area contributed by atoms with Crippen molar-refractivity contribution in [2.24, 2.45) is 0 Å². The second-order valence-electron chi connectivity index (χ2n) is 11.4. The SMILES string of the molecule is C1CCC(P(C2CCCCC2)C2CCCCC2)CC1.ClCCl.Nc1ccccc1-c1ccccc1CS(=O)(=O)[O][Pd]. The Morgan fingerprint density at radius 3 is 1.51 bits per heavy atom. The number of anilines is 1. The molecule has 5 rings (SSSR count). The van der Waals surface area contributed by atoms with Gasteiger partial charge < -0.3 is 0 Å². The van der Waals surface area contributed by atoms with E-state index in [4.69, 9.17) is 28.9 Å². The number of hydrogen-bond acceptors (Lipinski definition) is 4. The fourth-order valence-corrected chi connectivity index (χ4v) is 12.5. The summed E-state index contributed by atoms with van der Waals surface area (Å²) in [4.78, 5) is 0. The predicted molar refractivity (Wildman–Crippen MR) is 174 cm³/mol. The maximum absolute atomic E-state index is 11.5. The van der Waals surface area contributed by atoms with Crippen molar-refractivity contribution < 1.29 is 30.9 Å². The van der Waals surface area contributed by atoms with Crippen LogP contribution in [0.15, 0.2) is 48.5 Å². The predicted octanol–water partition coefficient (Wildman–Crippen LogP) is 10.1. The first-order chi connectivity index (χ1) is 19.9. The maximum atomic E-state index is 11.5. The Balaban J connectivity index is 0.000000206. The summed E-state index contributed by atoms with van der Waals surface area (Å²) < 4.78 is 27.4. The van der Waals surface area contributed by atoms with Crippen molar-refractivity contribution in [2.45, 2.75) is 119 Å². The van der Waals surface area contributed by atoms with Gasteiger partial charge >= 0.3 is 123 Å². The van der Waals surface area contributed by atoms with E-state index in [0.717, 1.165) is 11.1 Å². The quantitative estimate of drug-likeness (QED) is 0.133. The van der Waals surface area contributed by atoms with E-state index in [2.05, 4.69) is 22.5 Å². The van der Waals surface area contributed by atoms with Crippen LogP contribution in [0.2, 0.25) is 0 Å². The summed E-state index contributed by atoms with van der Waals surface area (Å²) in [6.45, 7) is 0. The van der Waals surface area contributed by atoms with E-state index in [9.17, 15) is 8.42 Å². The molecule has 2 aromatic carbocycles. The molecule has 233 valence electrons. The van der Waals surface area contributed by atoms with Gasteiger partial charge in [0.1, 0.15) is 0 Å². The normalized spacial score (nSPS) is 19.1. The number of halogens is 2. The summed E-state index contributed by atoms with van der Waals surface area (Å²) in [7, 11) is -3.24. The summed E-state index contributed by atoms with van der Waals surface area (Å²) in [6, 6.07) is 14.5. The minimum atomic E-state index is -3.62. The number of nitrogens with two attached hydrogens (primary N) is 1. The zero-order chi connectivity index (χ0) is 29.5. The van der Waals surface area contributed by atoms with Crippen LogP contribution in [0.3, 0.4) is 0 Å². The first kappa shape index (κ1) is 35.3. The van der Waals surface area contributed by atoms with Gasteiger partial charge in [-0.3, -0.25) is 0 Å². The zero-order valence-electron chi connectivity index (χ0n) is 24.1. The zero-order valence-corrected chi connectivity index (χ0v) is 28.9. The molecule has 0 saturated heterocycles. The average Bonchev–Trinajstić information content (AvgIpc) is 3.00. The second kappa shape index (κ2) is 19.3. The molecule has 2 aromatic rings. The van der Waals surface area contributed by atoms with Crippen LogP contribution in [0.1, 0.15) is 102 Å². The third-order valence-electron chi connectivity index (χ3n) is 8.67. The molecule has 0 atom stereocenters. The Morgan fingerprint density at radius 2 is 1.10 bits per heavy atom. The van der Waals surface area contributed by atoms with Crippen molar-refractivity contribution in [1.29, 1.82) is 0 Å². The molecule has 2 N–H and O–H groups in total. The molecule has 0 amide bonds. The van der Waals surface area contributed by atoms with Crippen LogP contribution < -0.4 is 5.73 Å². The molecule has 0 heterocycles. The number of nitrogen functional groups attached to an aromatic ring is 1. The molecule has 9 heteroatoms. The van der Waals surface area contributed by atoms with Crippen molar-refractivity contribution in [3.8, 4) is 11.1 Å². The molecule has 0 radical (unpaired) electrons. The molecule has 0 spiro atoms. The third-order valence-corrected chi connectivity index (χ3v) is 14.8. The topological polar surface area (TPSA) is 69.4 Å². The Kier molecular flexibility index (Phi) is 16.6. The van der Waals surface area contributed by atoms with E-state index in [1.54, 1.807) is 95.2 Å². The van der Waals surface area contributed by atoms with Crippen molar-refractivity contribution in [1.82, 2.24) is 0 Å². The number of rotatable bonds is 7. The van der Waals surface area contributed by atoms with E-state index in [0.29, 0.717) is 19.2 Å². The van der Waals surface area contributed by atoms with E-state index < -0.39 is 10.1 Å². The molecule has 41 heavy (non-hydrogen) atoms. The van der Waals surface area contributed by atoms with Gasteiger partial charge in [-0.25, -0.2) is 0 Å². The molecule has 0 aromatic heterocycles. The van der Waals surface area contributed by atoms with Crippen LogP contribution >= 0.6 is 31.1 Å². The van der Waals surface area contributed by atoms with Gasteiger partial charge in [0, 0.05) is 0 Å². The van der Waals surface area contributed by atoms with Gasteiger partial charge in [0.05, 0.1) is 5.34 Å². The van der Waals surface area contributed by atoms with Crippen LogP contribution in [-0.4, -0.2) is 30.7 Å². The van der Waals surface area contributed by atoms with Gasteiger partial charge in [-0.2, -0.15) is 0 Å². The fraction of sp³-hybridized carbons (Fsp3) is 0.625. The molecule has 0 unspecified atom stereocenters. The van der Waals surface area contributed by atoms with E-state index in [-0.39, 0.29) is 11.1 Å². The monoisotopic (exact) mass is 732 g/mol. The molecule has 3 aliphatic rings. The molecule has 0 aliphatic heterocycles. The average molecular weight is 734 g/mol. The second-order valence-corrected chi connectivity index (χ2v) is 17.6. The standard InChI is InChI=1S/C18H33P.C13H13NO3S.CH2Cl2.Pd/c1-4-10-16(11-5-1)19(17-12-6-2-7-13-17)18-14-8-3-9-15-18;14-13-8-4-3-7-12(13)11-6-2-1-5-10(11)9-18(15,16)17;2-1-3;/h16-18H,1-15H2;1-8H,9,14H2,(H,15,16,17);1H2;/q;;;+1/p-1. The fourth-order valence-electron chi connectivity index (χ4n) is 6.89. The molecule has 4 nitrogen and oxygen atoms in total. The molecule has 3 saturated carbocycles. The summed E-state index contributed by atoms with van der Waals surface area (Å²) in [5.74, 6) is -0.210. The molecular weight excluding hydrogens is 687 g/mol. The summed E-state index contributed by atoms with van der Waals surface area (Å²) >= 11 is 11.8. The minimum absolute atomic E-state index is 0.194. The van der Waals surface area contributed by atoms with Gasteiger partial charge in [0.25, 0.3) is 0 Å². The van der Waals surface area contributed by atoms with Crippen LogP contribution in [0.4, 0.5) is 5.69 Å². The van der Waals surface area contributed by atoms with E-state index in [1.807, 2.05) is 30.3 Å². The Bertz CT molecular complexity index is 1080. The van der Waals surface area contributed by atoms with Crippen molar-refractivity contribution in [3.05, 3.63) is 54.1 Å². The Morgan fingerprint density at radius 1 is 0.707 bits per heavy atom. The van der Waals surface area contributed by atoms with Crippen LogP contribution in [0.5, 0.6) is 0 Å². The van der Waals surface area contributed by atoms with Crippen LogP contribution in [0.25, 0.3) is 11.1 Å². The van der Waals surface area contributed by atoms with Crippen molar-refractivity contribution >= 4 is 46.9 Å². The van der Waals surface area contributed by atoms with Gasteiger partial charge in [0.15, 0.2) is 0 Å². The molecule has 3 fully saturated rings. The Labute approximate surface area is 271 Å². The molecule has 3 aliphatic carbocycles. The van der Waals surface area contributed by atoms with E-state index in [1.165, 1.54) is 36.2 Å². The van der Waals surface area contributed by atoms with Gasteiger partial charge in [-0.15, -0.1) is 23.2 Å². The first-order valence-electron chi connectivity index (χ1n) is 15.2. The third kappa shape index (κ3) is 11.7. The number of hydrogen-bond donors (Lipinski definition) is 1. The van der Waals surface area contributed by atoms with Gasteiger partial charge in [-0.05, 0) is 55.5 Å². The van der Waals surface area contributed by atoms with Crippen molar-refractivity contribution in [3.63, 3.8) is 0 Å². The number of alkyl halides is 2. The van der Waals surface area contributed by atoms with Gasteiger partial charge in [0.2, 0.25) is 0 Å². The number of benzene rings is 2. The van der Waals surface area contributed by atoms with Crippen LogP contribution in [0, 0.1) is 0 Å². The Hall–Kier alpha value is -0.178. The van der Waals surface area contributed by atoms with Gasteiger partial charge in [-0.1, -0.05) is 65.7 Å².